The molecule has 1 N–H and O–H groups in total. The van der Waals surface area contributed by atoms with E-state index in [0.29, 0.717) is 6.54 Å². The van der Waals surface area contributed by atoms with Crippen molar-refractivity contribution in [1.82, 2.24) is 5.32 Å². The average molecular weight is 281 g/mol. The van der Waals surface area contributed by atoms with Crippen LogP contribution in [0.15, 0.2) is 30.3 Å². The van der Waals surface area contributed by atoms with E-state index in [0.717, 1.165) is 18.1 Å². The van der Waals surface area contributed by atoms with Crippen molar-refractivity contribution in [2.24, 2.45) is 0 Å². The Bertz CT molecular complexity index is 551. The molecule has 0 radical (unpaired) electrons. The zero-order valence-electron chi connectivity index (χ0n) is 11.0. The molecule has 0 bridgehead atoms. The summed E-state index contributed by atoms with van der Waals surface area (Å²) in [6, 6.07) is 8.46. The zero-order chi connectivity index (χ0) is 13.8. The molecule has 0 saturated heterocycles. The number of hydrogen-bond acceptors (Lipinski definition) is 2. The molecule has 0 spiro atoms. The van der Waals surface area contributed by atoms with Gasteiger partial charge in [0.05, 0.1) is 0 Å². The van der Waals surface area contributed by atoms with E-state index in [1.54, 1.807) is 17.4 Å². The first-order chi connectivity index (χ1) is 9.10. The minimum atomic E-state index is -0.803. The van der Waals surface area contributed by atoms with Crippen LogP contribution in [0.25, 0.3) is 0 Å². The fourth-order valence-electron chi connectivity index (χ4n) is 1.84. The lowest BCUT2D eigenvalue weighted by atomic mass is 10.2. The summed E-state index contributed by atoms with van der Waals surface area (Å²) >= 11 is 1.79. The Morgan fingerprint density at radius 1 is 1.16 bits per heavy atom. The molecule has 0 fully saturated rings. The second-order valence-corrected chi connectivity index (χ2v) is 5.71. The van der Waals surface area contributed by atoms with Crippen molar-refractivity contribution in [2.75, 3.05) is 0 Å². The minimum absolute atomic E-state index is 0.207. The predicted octanol–water partition coefficient (Wildman–Crippen LogP) is 4.44. The Morgan fingerprint density at radius 2 is 1.95 bits per heavy atom. The summed E-state index contributed by atoms with van der Waals surface area (Å²) in [6.07, 6.45) is 1.04. The Morgan fingerprint density at radius 3 is 2.58 bits per heavy atom. The van der Waals surface area contributed by atoms with Gasteiger partial charge in [-0.2, -0.15) is 0 Å². The topological polar surface area (TPSA) is 12.0 Å². The summed E-state index contributed by atoms with van der Waals surface area (Å²) in [5.41, 5.74) is 0.748. The van der Waals surface area contributed by atoms with Crippen molar-refractivity contribution in [2.45, 2.75) is 32.9 Å². The average Bonchev–Trinajstić information content (AvgIpc) is 2.88. The van der Waals surface area contributed by atoms with Gasteiger partial charge in [-0.1, -0.05) is 13.0 Å². The third-order valence-corrected chi connectivity index (χ3v) is 4.47. The molecule has 102 valence electrons. The highest BCUT2D eigenvalue weighted by molar-refractivity contribution is 7.12. The molecule has 1 nitrogen and oxygen atoms in total. The van der Waals surface area contributed by atoms with Gasteiger partial charge in [0.25, 0.3) is 0 Å². The molecule has 0 saturated carbocycles. The summed E-state index contributed by atoms with van der Waals surface area (Å²) in [7, 11) is 0. The second-order valence-electron chi connectivity index (χ2n) is 4.51. The fraction of sp³-hybridized carbons (Fsp3) is 0.333. The van der Waals surface area contributed by atoms with Crippen molar-refractivity contribution in [1.29, 1.82) is 0 Å². The molecule has 1 unspecified atom stereocenters. The highest BCUT2D eigenvalue weighted by atomic mass is 32.1. The Balaban J connectivity index is 1.95. The van der Waals surface area contributed by atoms with Crippen LogP contribution in [-0.2, 0) is 13.0 Å². The van der Waals surface area contributed by atoms with Crippen LogP contribution in [0.4, 0.5) is 8.78 Å². The number of halogens is 2. The molecule has 2 rings (SSSR count). The van der Waals surface area contributed by atoms with Crippen LogP contribution < -0.4 is 5.32 Å². The molecule has 1 aromatic heterocycles. The van der Waals surface area contributed by atoms with Gasteiger partial charge in [-0.15, -0.1) is 11.3 Å². The van der Waals surface area contributed by atoms with Crippen molar-refractivity contribution in [3.63, 3.8) is 0 Å². The first-order valence-corrected chi connectivity index (χ1v) is 7.17. The fourth-order valence-corrected chi connectivity index (χ4v) is 2.82. The molecule has 0 aliphatic rings. The summed E-state index contributed by atoms with van der Waals surface area (Å²) in [5.74, 6) is -1.60. The normalized spacial score (nSPS) is 12.6. The lowest BCUT2D eigenvalue weighted by molar-refractivity contribution is 0.504. The largest absolute Gasteiger partial charge is 0.305 e. The van der Waals surface area contributed by atoms with Gasteiger partial charge in [0.2, 0.25) is 0 Å². The van der Waals surface area contributed by atoms with E-state index in [1.807, 2.05) is 0 Å². The number of nitrogens with one attached hydrogen (secondary N) is 1. The SMILES string of the molecule is CCc1ccc(C(C)NCc2ccc(F)c(F)c2)s1. The van der Waals surface area contributed by atoms with Crippen molar-refractivity contribution in [3.8, 4) is 0 Å². The Hall–Kier alpha value is -1.26. The van der Waals surface area contributed by atoms with Crippen LogP contribution in [0.1, 0.15) is 35.2 Å². The summed E-state index contributed by atoms with van der Waals surface area (Å²) in [6.45, 7) is 4.73. The van der Waals surface area contributed by atoms with Crippen molar-refractivity contribution >= 4 is 11.3 Å². The maximum Gasteiger partial charge on any atom is 0.159 e. The quantitative estimate of drug-likeness (QED) is 0.854. The van der Waals surface area contributed by atoms with E-state index in [9.17, 15) is 8.78 Å². The number of hydrogen-bond donors (Lipinski definition) is 1. The summed E-state index contributed by atoms with van der Waals surface area (Å²) in [5, 5.41) is 3.32. The van der Waals surface area contributed by atoms with Gasteiger partial charge in [0, 0.05) is 22.3 Å². The van der Waals surface area contributed by atoms with Gasteiger partial charge in [0.1, 0.15) is 0 Å². The molecule has 1 atom stereocenters. The van der Waals surface area contributed by atoms with E-state index < -0.39 is 11.6 Å². The molecule has 2 aromatic rings. The first-order valence-electron chi connectivity index (χ1n) is 6.36. The zero-order valence-corrected chi connectivity index (χ0v) is 11.9. The smallest absolute Gasteiger partial charge is 0.159 e. The summed E-state index contributed by atoms with van der Waals surface area (Å²) in [4.78, 5) is 2.62. The van der Waals surface area contributed by atoms with Crippen LogP contribution in [0.3, 0.4) is 0 Å². The van der Waals surface area contributed by atoms with Crippen LogP contribution in [0.5, 0.6) is 0 Å². The highest BCUT2D eigenvalue weighted by Crippen LogP contribution is 2.23. The van der Waals surface area contributed by atoms with E-state index in [-0.39, 0.29) is 6.04 Å². The monoisotopic (exact) mass is 281 g/mol. The molecular weight excluding hydrogens is 264 g/mol. The maximum absolute atomic E-state index is 13.1. The lowest BCUT2D eigenvalue weighted by Gasteiger charge is -2.12. The first kappa shape index (κ1) is 14.2. The third-order valence-electron chi connectivity index (χ3n) is 3.05. The molecule has 0 amide bonds. The van der Waals surface area contributed by atoms with Crippen LogP contribution in [-0.4, -0.2) is 0 Å². The predicted molar refractivity (Wildman–Crippen MR) is 75.3 cm³/mol. The molecule has 1 heterocycles. The third kappa shape index (κ3) is 3.61. The second kappa shape index (κ2) is 6.26. The van der Waals surface area contributed by atoms with Crippen molar-refractivity contribution < 1.29 is 8.78 Å². The van der Waals surface area contributed by atoms with Gasteiger partial charge >= 0.3 is 0 Å². The van der Waals surface area contributed by atoms with Gasteiger partial charge in [0.15, 0.2) is 11.6 Å². The standard InChI is InChI=1S/C15H17F2NS/c1-3-12-5-7-15(19-12)10(2)18-9-11-4-6-13(16)14(17)8-11/h4-8,10,18H,3,9H2,1-2H3. The van der Waals surface area contributed by atoms with Gasteiger partial charge in [-0.05, 0) is 43.2 Å². The van der Waals surface area contributed by atoms with Gasteiger partial charge in [-0.3, -0.25) is 0 Å². The molecule has 19 heavy (non-hydrogen) atoms. The number of benzene rings is 1. The van der Waals surface area contributed by atoms with Crippen LogP contribution in [0, 0.1) is 11.6 Å². The molecule has 4 heteroatoms. The van der Waals surface area contributed by atoms with Crippen LogP contribution >= 0.6 is 11.3 Å². The van der Waals surface area contributed by atoms with E-state index >= 15 is 0 Å². The number of thiophene rings is 1. The van der Waals surface area contributed by atoms with Gasteiger partial charge in [-0.25, -0.2) is 8.78 Å². The molecular formula is C15H17F2NS. The number of aryl methyl sites for hydroxylation is 1. The Kier molecular flexibility index (Phi) is 4.66. The molecule has 0 aliphatic carbocycles. The Labute approximate surface area is 116 Å². The van der Waals surface area contributed by atoms with Crippen LogP contribution in [0.2, 0.25) is 0 Å². The highest BCUT2D eigenvalue weighted by Gasteiger charge is 2.08. The van der Waals surface area contributed by atoms with E-state index in [4.69, 9.17) is 0 Å². The van der Waals surface area contributed by atoms with E-state index in [1.165, 1.54) is 15.8 Å². The lowest BCUT2D eigenvalue weighted by Crippen LogP contribution is -2.17. The van der Waals surface area contributed by atoms with E-state index in [2.05, 4.69) is 31.3 Å². The number of rotatable bonds is 5. The minimum Gasteiger partial charge on any atom is -0.305 e. The maximum atomic E-state index is 13.1. The molecule has 1 aromatic carbocycles. The van der Waals surface area contributed by atoms with Crippen molar-refractivity contribution in [3.05, 3.63) is 57.3 Å². The van der Waals surface area contributed by atoms with Gasteiger partial charge < -0.3 is 5.32 Å². The molecule has 0 aliphatic heterocycles. The summed E-state index contributed by atoms with van der Waals surface area (Å²) < 4.78 is 25.9.